The van der Waals surface area contributed by atoms with Crippen LogP contribution in [0.4, 0.5) is 0 Å². The molecule has 0 bridgehead atoms. The Hall–Kier alpha value is -1.36. The van der Waals surface area contributed by atoms with E-state index in [1.165, 1.54) is 6.07 Å². The SMILES string of the molecule is CCCCCC(=O)NS(=O)(=O)c1ccc(C)c(C)c1. The molecule has 1 amide bonds. The first-order valence-corrected chi connectivity index (χ1v) is 7.98. The van der Waals surface area contributed by atoms with E-state index in [-0.39, 0.29) is 11.3 Å². The lowest BCUT2D eigenvalue weighted by molar-refractivity contribution is -0.119. The van der Waals surface area contributed by atoms with Gasteiger partial charge < -0.3 is 0 Å². The molecule has 0 spiro atoms. The van der Waals surface area contributed by atoms with Gasteiger partial charge >= 0.3 is 0 Å². The van der Waals surface area contributed by atoms with E-state index >= 15 is 0 Å². The van der Waals surface area contributed by atoms with Crippen molar-refractivity contribution >= 4 is 15.9 Å². The lowest BCUT2D eigenvalue weighted by atomic mass is 10.1. The fourth-order valence-electron chi connectivity index (χ4n) is 1.68. The van der Waals surface area contributed by atoms with Crippen LogP contribution in [0.3, 0.4) is 0 Å². The Bertz CT molecular complexity index is 550. The van der Waals surface area contributed by atoms with Crippen LogP contribution >= 0.6 is 0 Å². The Labute approximate surface area is 115 Å². The molecule has 0 aliphatic heterocycles. The minimum Gasteiger partial charge on any atom is -0.274 e. The van der Waals surface area contributed by atoms with E-state index in [9.17, 15) is 13.2 Å². The van der Waals surface area contributed by atoms with Crippen LogP contribution in [0.1, 0.15) is 43.7 Å². The van der Waals surface area contributed by atoms with Gasteiger partial charge in [-0.05, 0) is 43.5 Å². The maximum absolute atomic E-state index is 12.0. The zero-order chi connectivity index (χ0) is 14.5. The molecule has 0 atom stereocenters. The minimum atomic E-state index is -3.74. The third-order valence-corrected chi connectivity index (χ3v) is 4.42. The number of aryl methyl sites for hydroxylation is 2. The van der Waals surface area contributed by atoms with Gasteiger partial charge in [0.2, 0.25) is 5.91 Å². The fraction of sp³-hybridized carbons (Fsp3) is 0.500. The van der Waals surface area contributed by atoms with E-state index in [0.717, 1.165) is 24.0 Å². The molecule has 0 aliphatic carbocycles. The molecule has 106 valence electrons. The summed E-state index contributed by atoms with van der Waals surface area (Å²) in [6.45, 7) is 5.79. The molecule has 1 aromatic carbocycles. The molecule has 5 heteroatoms. The summed E-state index contributed by atoms with van der Waals surface area (Å²) in [6.07, 6.45) is 2.89. The summed E-state index contributed by atoms with van der Waals surface area (Å²) >= 11 is 0. The second kappa shape index (κ2) is 6.70. The lowest BCUT2D eigenvalue weighted by Crippen LogP contribution is -2.30. The number of benzene rings is 1. The van der Waals surface area contributed by atoms with Crippen LogP contribution in [0.5, 0.6) is 0 Å². The third-order valence-electron chi connectivity index (χ3n) is 3.04. The third kappa shape index (κ3) is 4.67. The molecule has 0 saturated carbocycles. The Morgan fingerprint density at radius 1 is 1.16 bits per heavy atom. The topological polar surface area (TPSA) is 63.2 Å². The van der Waals surface area contributed by atoms with Crippen molar-refractivity contribution in [1.82, 2.24) is 4.72 Å². The minimum absolute atomic E-state index is 0.138. The molecule has 0 aliphatic rings. The van der Waals surface area contributed by atoms with Crippen molar-refractivity contribution < 1.29 is 13.2 Å². The number of hydrogen-bond donors (Lipinski definition) is 1. The summed E-state index contributed by atoms with van der Waals surface area (Å²) in [5.41, 5.74) is 1.91. The number of rotatable bonds is 6. The number of nitrogens with one attached hydrogen (secondary N) is 1. The van der Waals surface area contributed by atoms with Crippen LogP contribution in [0.2, 0.25) is 0 Å². The molecule has 1 rings (SSSR count). The van der Waals surface area contributed by atoms with E-state index in [2.05, 4.69) is 4.72 Å². The van der Waals surface area contributed by atoms with Gasteiger partial charge in [0.15, 0.2) is 0 Å². The molecule has 0 saturated heterocycles. The molecule has 0 radical (unpaired) electrons. The first-order chi connectivity index (χ1) is 8.86. The molecule has 0 aromatic heterocycles. The van der Waals surface area contributed by atoms with Crippen molar-refractivity contribution in [3.63, 3.8) is 0 Å². The van der Waals surface area contributed by atoms with Crippen molar-refractivity contribution in [1.29, 1.82) is 0 Å². The van der Waals surface area contributed by atoms with Crippen LogP contribution < -0.4 is 4.72 Å². The van der Waals surface area contributed by atoms with E-state index in [1.54, 1.807) is 12.1 Å². The molecule has 4 nitrogen and oxygen atoms in total. The summed E-state index contributed by atoms with van der Waals surface area (Å²) in [6, 6.07) is 4.84. The maximum Gasteiger partial charge on any atom is 0.264 e. The van der Waals surface area contributed by atoms with E-state index in [4.69, 9.17) is 0 Å². The Morgan fingerprint density at radius 2 is 1.84 bits per heavy atom. The number of amides is 1. The average molecular weight is 283 g/mol. The predicted molar refractivity (Wildman–Crippen MR) is 75.4 cm³/mol. The van der Waals surface area contributed by atoms with E-state index in [1.807, 2.05) is 20.8 Å². The Kier molecular flexibility index (Phi) is 5.54. The van der Waals surface area contributed by atoms with Crippen molar-refractivity contribution in [2.24, 2.45) is 0 Å². The predicted octanol–water partition coefficient (Wildman–Crippen LogP) is 2.69. The highest BCUT2D eigenvalue weighted by Gasteiger charge is 2.17. The van der Waals surface area contributed by atoms with Gasteiger partial charge in [0.1, 0.15) is 0 Å². The molecule has 1 aromatic rings. The van der Waals surface area contributed by atoms with E-state index in [0.29, 0.717) is 6.42 Å². The lowest BCUT2D eigenvalue weighted by Gasteiger charge is -2.08. The summed E-state index contributed by atoms with van der Waals surface area (Å²) in [5.74, 6) is -0.438. The van der Waals surface area contributed by atoms with Crippen molar-refractivity contribution in [3.05, 3.63) is 29.3 Å². The van der Waals surface area contributed by atoms with Gasteiger partial charge in [0.05, 0.1) is 4.90 Å². The summed E-state index contributed by atoms with van der Waals surface area (Å²) in [4.78, 5) is 11.7. The monoisotopic (exact) mass is 283 g/mol. The van der Waals surface area contributed by atoms with Crippen molar-refractivity contribution in [3.8, 4) is 0 Å². The van der Waals surface area contributed by atoms with Crippen LogP contribution in [-0.4, -0.2) is 14.3 Å². The Morgan fingerprint density at radius 3 is 2.42 bits per heavy atom. The number of hydrogen-bond acceptors (Lipinski definition) is 3. The van der Waals surface area contributed by atoms with Crippen LogP contribution in [-0.2, 0) is 14.8 Å². The molecule has 0 unspecified atom stereocenters. The van der Waals surface area contributed by atoms with E-state index < -0.39 is 15.9 Å². The van der Waals surface area contributed by atoms with Gasteiger partial charge in [0.25, 0.3) is 10.0 Å². The van der Waals surface area contributed by atoms with Gasteiger partial charge in [-0.1, -0.05) is 25.8 Å². The number of sulfonamides is 1. The van der Waals surface area contributed by atoms with Gasteiger partial charge in [0, 0.05) is 6.42 Å². The first kappa shape index (κ1) is 15.7. The van der Waals surface area contributed by atoms with Gasteiger partial charge in [-0.2, -0.15) is 0 Å². The molecule has 0 heterocycles. The Balaban J connectivity index is 2.75. The maximum atomic E-state index is 12.0. The second-order valence-electron chi connectivity index (χ2n) is 4.73. The molecular weight excluding hydrogens is 262 g/mol. The summed E-state index contributed by atoms with van der Waals surface area (Å²) in [7, 11) is -3.74. The average Bonchev–Trinajstić information content (AvgIpc) is 2.32. The zero-order valence-electron chi connectivity index (χ0n) is 11.7. The summed E-state index contributed by atoms with van der Waals surface area (Å²) < 4.78 is 26.1. The molecular formula is C14H21NO3S. The molecule has 19 heavy (non-hydrogen) atoms. The van der Waals surface area contributed by atoms with Crippen molar-refractivity contribution in [2.45, 2.75) is 51.3 Å². The van der Waals surface area contributed by atoms with Crippen LogP contribution in [0.25, 0.3) is 0 Å². The van der Waals surface area contributed by atoms with Crippen LogP contribution in [0.15, 0.2) is 23.1 Å². The quantitative estimate of drug-likeness (QED) is 0.816. The summed E-state index contributed by atoms with van der Waals surface area (Å²) in [5, 5.41) is 0. The van der Waals surface area contributed by atoms with Gasteiger partial charge in [-0.15, -0.1) is 0 Å². The first-order valence-electron chi connectivity index (χ1n) is 6.49. The normalized spacial score (nSPS) is 11.3. The highest BCUT2D eigenvalue weighted by atomic mass is 32.2. The highest BCUT2D eigenvalue weighted by Crippen LogP contribution is 2.14. The smallest absolute Gasteiger partial charge is 0.264 e. The number of carbonyl (C=O) groups excluding carboxylic acids is 1. The number of unbranched alkanes of at least 4 members (excludes halogenated alkanes) is 2. The fourth-order valence-corrected chi connectivity index (χ4v) is 2.78. The van der Waals surface area contributed by atoms with Gasteiger partial charge in [-0.3, -0.25) is 4.79 Å². The van der Waals surface area contributed by atoms with Crippen LogP contribution in [0, 0.1) is 13.8 Å². The number of carbonyl (C=O) groups is 1. The second-order valence-corrected chi connectivity index (χ2v) is 6.41. The molecule has 1 N–H and O–H groups in total. The highest BCUT2D eigenvalue weighted by molar-refractivity contribution is 7.90. The standard InChI is InChI=1S/C14H21NO3S/c1-4-5-6-7-14(16)15-19(17,18)13-9-8-11(2)12(3)10-13/h8-10H,4-7H2,1-3H3,(H,15,16). The zero-order valence-corrected chi connectivity index (χ0v) is 12.5. The molecule has 0 fully saturated rings. The largest absolute Gasteiger partial charge is 0.274 e. The van der Waals surface area contributed by atoms with Gasteiger partial charge in [-0.25, -0.2) is 13.1 Å². The van der Waals surface area contributed by atoms with Crippen molar-refractivity contribution in [2.75, 3.05) is 0 Å².